The molecule has 0 fully saturated rings. The minimum atomic E-state index is -0.176. The van der Waals surface area contributed by atoms with Gasteiger partial charge in [-0.25, -0.2) is 0 Å². The fourth-order valence-corrected chi connectivity index (χ4v) is 2.12. The van der Waals surface area contributed by atoms with Crippen LogP contribution >= 0.6 is 23.2 Å². The molecule has 94 valence electrons. The summed E-state index contributed by atoms with van der Waals surface area (Å²) in [6.45, 7) is 0.264. The van der Waals surface area contributed by atoms with Gasteiger partial charge in [0.05, 0.1) is 6.54 Å². The summed E-state index contributed by atoms with van der Waals surface area (Å²) < 4.78 is 5.29. The quantitative estimate of drug-likeness (QED) is 0.874. The molecule has 2 rings (SSSR count). The van der Waals surface area contributed by atoms with E-state index >= 15 is 0 Å². The summed E-state index contributed by atoms with van der Waals surface area (Å²) in [5, 5.41) is 0.947. The second-order valence-corrected chi connectivity index (χ2v) is 4.58. The summed E-state index contributed by atoms with van der Waals surface area (Å²) in [5.41, 5.74) is 6.02. The maximum Gasteiger partial charge on any atom is 0.202 e. The highest BCUT2D eigenvalue weighted by molar-refractivity contribution is 6.36. The van der Waals surface area contributed by atoms with Crippen molar-refractivity contribution in [3.63, 3.8) is 0 Å². The topological polar surface area (TPSA) is 56.2 Å². The molecule has 0 radical (unpaired) electrons. The molecule has 0 saturated heterocycles. The van der Waals surface area contributed by atoms with Crippen molar-refractivity contribution in [2.45, 2.75) is 13.0 Å². The van der Waals surface area contributed by atoms with E-state index in [4.69, 9.17) is 33.4 Å². The van der Waals surface area contributed by atoms with Crippen LogP contribution in [-0.2, 0) is 13.0 Å². The number of carbonyl (C=O) groups is 1. The molecule has 0 aliphatic rings. The fourth-order valence-electron chi connectivity index (χ4n) is 1.59. The molecule has 0 bridgehead atoms. The highest BCUT2D eigenvalue weighted by Gasteiger charge is 2.15. The molecule has 0 aliphatic heterocycles. The first kappa shape index (κ1) is 13.1. The number of carbonyl (C=O) groups excluding carboxylic acids is 1. The zero-order valence-electron chi connectivity index (χ0n) is 9.45. The number of furan rings is 1. The molecule has 0 aliphatic carbocycles. The Labute approximate surface area is 114 Å². The Bertz CT molecular complexity index is 558. The molecule has 0 unspecified atom stereocenters. The Hall–Kier alpha value is -1.29. The maximum absolute atomic E-state index is 12.0. The van der Waals surface area contributed by atoms with Crippen molar-refractivity contribution >= 4 is 29.0 Å². The highest BCUT2D eigenvalue weighted by Crippen LogP contribution is 2.26. The standard InChI is InChI=1S/C13H11Cl2NO2/c14-10-2-1-3-11(15)9(10)6-12(17)13-5-4-8(7-16)18-13/h1-5H,6-7,16H2. The second kappa shape index (κ2) is 5.57. The third-order valence-electron chi connectivity index (χ3n) is 2.54. The lowest BCUT2D eigenvalue weighted by Crippen LogP contribution is -2.03. The van der Waals surface area contributed by atoms with Gasteiger partial charge < -0.3 is 10.2 Å². The normalized spacial score (nSPS) is 10.6. The van der Waals surface area contributed by atoms with Gasteiger partial charge in [0, 0.05) is 16.5 Å². The monoisotopic (exact) mass is 283 g/mol. The number of Topliss-reactive ketones (excluding diaryl/α,β-unsaturated/α-hetero) is 1. The van der Waals surface area contributed by atoms with Gasteiger partial charge in [0.15, 0.2) is 5.76 Å². The molecule has 0 spiro atoms. The van der Waals surface area contributed by atoms with Gasteiger partial charge in [0.25, 0.3) is 0 Å². The van der Waals surface area contributed by atoms with Gasteiger partial charge in [-0.2, -0.15) is 0 Å². The summed E-state index contributed by atoms with van der Waals surface area (Å²) in [5.74, 6) is 0.666. The number of halogens is 2. The van der Waals surface area contributed by atoms with E-state index in [1.807, 2.05) is 0 Å². The van der Waals surface area contributed by atoms with E-state index in [-0.39, 0.29) is 24.5 Å². The van der Waals surface area contributed by atoms with Crippen molar-refractivity contribution in [1.29, 1.82) is 0 Å². The van der Waals surface area contributed by atoms with E-state index in [1.165, 1.54) is 0 Å². The Morgan fingerprint density at radius 3 is 2.39 bits per heavy atom. The second-order valence-electron chi connectivity index (χ2n) is 3.77. The number of nitrogens with two attached hydrogens (primary N) is 1. The van der Waals surface area contributed by atoms with Gasteiger partial charge in [-0.1, -0.05) is 29.3 Å². The third-order valence-corrected chi connectivity index (χ3v) is 3.24. The van der Waals surface area contributed by atoms with Crippen molar-refractivity contribution in [2.24, 2.45) is 5.73 Å². The van der Waals surface area contributed by atoms with Gasteiger partial charge >= 0.3 is 0 Å². The number of rotatable bonds is 4. The number of hydrogen-bond acceptors (Lipinski definition) is 3. The summed E-state index contributed by atoms with van der Waals surface area (Å²) in [6.07, 6.45) is 0.107. The molecule has 2 aromatic rings. The predicted octanol–water partition coefficient (Wildman–Crippen LogP) is 3.47. The average Bonchev–Trinajstić information content (AvgIpc) is 2.82. The summed E-state index contributed by atoms with van der Waals surface area (Å²) in [4.78, 5) is 12.0. The predicted molar refractivity (Wildman–Crippen MR) is 71.1 cm³/mol. The SMILES string of the molecule is NCc1ccc(C(=O)Cc2c(Cl)cccc2Cl)o1. The van der Waals surface area contributed by atoms with E-state index in [0.717, 1.165) is 0 Å². The van der Waals surface area contributed by atoms with Crippen LogP contribution < -0.4 is 5.73 Å². The van der Waals surface area contributed by atoms with E-state index in [0.29, 0.717) is 21.4 Å². The number of hydrogen-bond donors (Lipinski definition) is 1. The third kappa shape index (κ3) is 2.75. The fraction of sp³-hybridized carbons (Fsp3) is 0.154. The number of benzene rings is 1. The van der Waals surface area contributed by atoms with Crippen LogP contribution in [0, 0.1) is 0 Å². The summed E-state index contributed by atoms with van der Waals surface area (Å²) >= 11 is 12.0. The molecule has 3 nitrogen and oxygen atoms in total. The van der Waals surface area contributed by atoms with Gasteiger partial charge in [-0.05, 0) is 29.8 Å². The Kier molecular flexibility index (Phi) is 4.07. The first-order valence-electron chi connectivity index (χ1n) is 5.36. The van der Waals surface area contributed by atoms with E-state index in [1.54, 1.807) is 30.3 Å². The molecule has 2 N–H and O–H groups in total. The molecule has 0 amide bonds. The van der Waals surface area contributed by atoms with Gasteiger partial charge in [-0.15, -0.1) is 0 Å². The first-order valence-corrected chi connectivity index (χ1v) is 6.12. The molecule has 0 atom stereocenters. The van der Waals surface area contributed by atoms with Crippen molar-refractivity contribution in [3.05, 3.63) is 57.5 Å². The number of ketones is 1. The van der Waals surface area contributed by atoms with Crippen molar-refractivity contribution in [3.8, 4) is 0 Å². The first-order chi connectivity index (χ1) is 8.61. The highest BCUT2D eigenvalue weighted by atomic mass is 35.5. The Morgan fingerprint density at radius 1 is 1.17 bits per heavy atom. The van der Waals surface area contributed by atoms with Crippen LogP contribution in [0.25, 0.3) is 0 Å². The summed E-state index contributed by atoms with van der Waals surface area (Å²) in [7, 11) is 0. The average molecular weight is 284 g/mol. The maximum atomic E-state index is 12.0. The van der Waals surface area contributed by atoms with Crippen molar-refractivity contribution in [2.75, 3.05) is 0 Å². The zero-order valence-corrected chi connectivity index (χ0v) is 11.0. The van der Waals surface area contributed by atoms with Crippen LogP contribution in [0.3, 0.4) is 0 Å². The molecular formula is C13H11Cl2NO2. The van der Waals surface area contributed by atoms with Gasteiger partial charge in [0.1, 0.15) is 5.76 Å². The van der Waals surface area contributed by atoms with E-state index in [2.05, 4.69) is 0 Å². The Balaban J connectivity index is 2.21. The van der Waals surface area contributed by atoms with Crippen LogP contribution in [0.1, 0.15) is 21.9 Å². The van der Waals surface area contributed by atoms with Crippen LogP contribution in [0.4, 0.5) is 0 Å². The molecule has 0 saturated carbocycles. The van der Waals surface area contributed by atoms with Crippen LogP contribution in [0.5, 0.6) is 0 Å². The molecule has 1 heterocycles. The van der Waals surface area contributed by atoms with E-state index in [9.17, 15) is 4.79 Å². The molecule has 18 heavy (non-hydrogen) atoms. The lowest BCUT2D eigenvalue weighted by molar-refractivity contribution is 0.0964. The largest absolute Gasteiger partial charge is 0.457 e. The van der Waals surface area contributed by atoms with E-state index < -0.39 is 0 Å². The smallest absolute Gasteiger partial charge is 0.202 e. The lowest BCUT2D eigenvalue weighted by atomic mass is 10.1. The van der Waals surface area contributed by atoms with Crippen LogP contribution in [0.15, 0.2) is 34.7 Å². The molecule has 5 heteroatoms. The molecule has 1 aromatic heterocycles. The van der Waals surface area contributed by atoms with Gasteiger partial charge in [-0.3, -0.25) is 4.79 Å². The minimum Gasteiger partial charge on any atom is -0.457 e. The lowest BCUT2D eigenvalue weighted by Gasteiger charge is -2.04. The zero-order chi connectivity index (χ0) is 13.1. The molecular weight excluding hydrogens is 273 g/mol. The van der Waals surface area contributed by atoms with Crippen LogP contribution in [0.2, 0.25) is 10.0 Å². The molecule has 1 aromatic carbocycles. The minimum absolute atomic E-state index is 0.107. The van der Waals surface area contributed by atoms with Crippen molar-refractivity contribution < 1.29 is 9.21 Å². The van der Waals surface area contributed by atoms with Gasteiger partial charge in [0.2, 0.25) is 5.78 Å². The van der Waals surface area contributed by atoms with Crippen LogP contribution in [-0.4, -0.2) is 5.78 Å². The Morgan fingerprint density at radius 2 is 1.83 bits per heavy atom. The van der Waals surface area contributed by atoms with Crippen molar-refractivity contribution in [1.82, 2.24) is 0 Å². The summed E-state index contributed by atoms with van der Waals surface area (Å²) in [6, 6.07) is 8.42.